The zero-order valence-corrected chi connectivity index (χ0v) is 14.2. The topological polar surface area (TPSA) is 61.4 Å². The lowest BCUT2D eigenvalue weighted by molar-refractivity contribution is -0.123. The first kappa shape index (κ1) is 19.1. The molecule has 0 aliphatic carbocycles. The second kappa shape index (κ2) is 9.25. The molecule has 5 nitrogen and oxygen atoms in total. The van der Waals surface area contributed by atoms with Crippen molar-refractivity contribution in [2.75, 3.05) is 27.2 Å². The molecule has 0 spiro atoms. The van der Waals surface area contributed by atoms with E-state index in [-0.39, 0.29) is 17.7 Å². The Hall–Kier alpha value is -1.95. The number of nitrogens with zero attached hydrogens (tertiary/aromatic N) is 1. The second-order valence-corrected chi connectivity index (χ2v) is 6.15. The smallest absolute Gasteiger partial charge is 0.251 e. The highest BCUT2D eigenvalue weighted by Gasteiger charge is 2.24. The largest absolute Gasteiger partial charge is 0.354 e. The molecule has 0 heterocycles. The van der Waals surface area contributed by atoms with Crippen molar-refractivity contribution in [1.29, 1.82) is 0 Å². The molecule has 2 N–H and O–H groups in total. The molecule has 1 atom stereocenters. The lowest BCUT2D eigenvalue weighted by Crippen LogP contribution is -2.50. The minimum absolute atomic E-state index is 0.0479. The lowest BCUT2D eigenvalue weighted by atomic mass is 10.0. The third-order valence-electron chi connectivity index (χ3n) is 3.42. The van der Waals surface area contributed by atoms with E-state index in [1.165, 1.54) is 24.3 Å². The van der Waals surface area contributed by atoms with Crippen LogP contribution in [0.5, 0.6) is 0 Å². The van der Waals surface area contributed by atoms with Crippen molar-refractivity contribution < 1.29 is 14.0 Å². The fourth-order valence-corrected chi connectivity index (χ4v) is 2.08. The molecule has 0 saturated heterocycles. The van der Waals surface area contributed by atoms with Gasteiger partial charge < -0.3 is 15.5 Å². The molecule has 0 fully saturated rings. The van der Waals surface area contributed by atoms with Gasteiger partial charge in [0.05, 0.1) is 0 Å². The van der Waals surface area contributed by atoms with E-state index < -0.39 is 11.9 Å². The molecular weight excluding hydrogens is 297 g/mol. The van der Waals surface area contributed by atoms with E-state index in [4.69, 9.17) is 0 Å². The summed E-state index contributed by atoms with van der Waals surface area (Å²) in [5.41, 5.74) is 0.331. The van der Waals surface area contributed by atoms with Crippen LogP contribution in [0.15, 0.2) is 24.3 Å². The van der Waals surface area contributed by atoms with Crippen molar-refractivity contribution in [3.63, 3.8) is 0 Å². The quantitative estimate of drug-likeness (QED) is 0.715. The van der Waals surface area contributed by atoms with Crippen molar-refractivity contribution in [3.05, 3.63) is 35.6 Å². The molecule has 0 aliphatic rings. The standard InChI is InChI=1S/C17H26FN3O2/c1-12(2)15(17(23)19-10-5-11-21(3)4)20-16(22)13-6-8-14(18)9-7-13/h6-9,12,15H,5,10-11H2,1-4H3,(H,19,23)(H,20,22). The van der Waals surface area contributed by atoms with Crippen LogP contribution in [-0.2, 0) is 4.79 Å². The number of benzene rings is 1. The number of carbonyl (C=O) groups excluding carboxylic acids is 2. The summed E-state index contributed by atoms with van der Waals surface area (Å²) in [6.45, 7) is 5.19. The monoisotopic (exact) mass is 323 g/mol. The van der Waals surface area contributed by atoms with Crippen molar-refractivity contribution in [3.8, 4) is 0 Å². The van der Waals surface area contributed by atoms with Crippen LogP contribution in [0.2, 0.25) is 0 Å². The third-order valence-corrected chi connectivity index (χ3v) is 3.42. The first-order chi connectivity index (χ1) is 10.8. The van der Waals surface area contributed by atoms with Gasteiger partial charge in [0.25, 0.3) is 5.91 Å². The predicted molar refractivity (Wildman–Crippen MR) is 88.7 cm³/mol. The first-order valence-corrected chi connectivity index (χ1v) is 7.80. The van der Waals surface area contributed by atoms with Gasteiger partial charge in [0.1, 0.15) is 11.9 Å². The van der Waals surface area contributed by atoms with Gasteiger partial charge in [0.15, 0.2) is 0 Å². The van der Waals surface area contributed by atoms with Crippen molar-refractivity contribution in [2.24, 2.45) is 5.92 Å². The van der Waals surface area contributed by atoms with Gasteiger partial charge in [0, 0.05) is 12.1 Å². The first-order valence-electron chi connectivity index (χ1n) is 7.80. The number of rotatable bonds is 8. The summed E-state index contributed by atoms with van der Waals surface area (Å²) in [5, 5.41) is 5.56. The summed E-state index contributed by atoms with van der Waals surface area (Å²) in [6, 6.07) is 4.63. The van der Waals surface area contributed by atoms with Gasteiger partial charge in [-0.25, -0.2) is 4.39 Å². The molecule has 1 unspecified atom stereocenters. The summed E-state index contributed by atoms with van der Waals surface area (Å²) in [5.74, 6) is -1.03. The Labute approximate surface area is 137 Å². The number of halogens is 1. The zero-order chi connectivity index (χ0) is 17.4. The number of nitrogens with one attached hydrogen (secondary N) is 2. The third kappa shape index (κ3) is 6.78. The molecule has 0 radical (unpaired) electrons. The Morgan fingerprint density at radius 3 is 2.30 bits per heavy atom. The van der Waals surface area contributed by atoms with Gasteiger partial charge >= 0.3 is 0 Å². The number of hydrogen-bond acceptors (Lipinski definition) is 3. The van der Waals surface area contributed by atoms with E-state index in [2.05, 4.69) is 10.6 Å². The van der Waals surface area contributed by atoms with Crippen LogP contribution in [0.25, 0.3) is 0 Å². The molecular formula is C17H26FN3O2. The van der Waals surface area contributed by atoms with Gasteiger partial charge in [0.2, 0.25) is 5.91 Å². The van der Waals surface area contributed by atoms with Crippen LogP contribution in [0, 0.1) is 11.7 Å². The van der Waals surface area contributed by atoms with Crippen molar-refractivity contribution in [2.45, 2.75) is 26.3 Å². The van der Waals surface area contributed by atoms with E-state index in [1.54, 1.807) is 0 Å². The van der Waals surface area contributed by atoms with E-state index in [9.17, 15) is 14.0 Å². The lowest BCUT2D eigenvalue weighted by Gasteiger charge is -2.22. The van der Waals surface area contributed by atoms with Gasteiger partial charge in [-0.05, 0) is 57.2 Å². The van der Waals surface area contributed by atoms with Crippen LogP contribution >= 0.6 is 0 Å². The Morgan fingerprint density at radius 2 is 1.78 bits per heavy atom. The van der Waals surface area contributed by atoms with E-state index in [0.29, 0.717) is 12.1 Å². The number of amides is 2. The normalized spacial score (nSPS) is 12.3. The fraction of sp³-hybridized carbons (Fsp3) is 0.529. The van der Waals surface area contributed by atoms with Crippen LogP contribution in [0.3, 0.4) is 0 Å². The highest BCUT2D eigenvalue weighted by atomic mass is 19.1. The van der Waals surface area contributed by atoms with Gasteiger partial charge in [-0.2, -0.15) is 0 Å². The Balaban J connectivity index is 2.58. The minimum Gasteiger partial charge on any atom is -0.354 e. The molecule has 23 heavy (non-hydrogen) atoms. The fourth-order valence-electron chi connectivity index (χ4n) is 2.08. The van der Waals surface area contributed by atoms with Crippen molar-refractivity contribution >= 4 is 11.8 Å². The van der Waals surface area contributed by atoms with E-state index in [0.717, 1.165) is 13.0 Å². The SMILES string of the molecule is CC(C)C(NC(=O)c1ccc(F)cc1)C(=O)NCCCN(C)C. The van der Waals surface area contributed by atoms with Crippen LogP contribution in [0.1, 0.15) is 30.6 Å². The molecule has 1 aromatic carbocycles. The van der Waals surface area contributed by atoms with Gasteiger partial charge in [-0.1, -0.05) is 13.8 Å². The van der Waals surface area contributed by atoms with Crippen LogP contribution in [0.4, 0.5) is 4.39 Å². The Bertz CT molecular complexity index is 515. The zero-order valence-electron chi connectivity index (χ0n) is 14.2. The van der Waals surface area contributed by atoms with Crippen LogP contribution < -0.4 is 10.6 Å². The number of carbonyl (C=O) groups is 2. The molecule has 0 bridgehead atoms. The summed E-state index contributed by atoms with van der Waals surface area (Å²) < 4.78 is 12.9. The van der Waals surface area contributed by atoms with E-state index >= 15 is 0 Å². The summed E-state index contributed by atoms with van der Waals surface area (Å²) in [7, 11) is 3.95. The maximum atomic E-state index is 12.9. The molecule has 2 amide bonds. The van der Waals surface area contributed by atoms with Crippen molar-refractivity contribution in [1.82, 2.24) is 15.5 Å². The highest BCUT2D eigenvalue weighted by Crippen LogP contribution is 2.06. The molecule has 0 saturated carbocycles. The molecule has 6 heteroatoms. The van der Waals surface area contributed by atoms with Crippen LogP contribution in [-0.4, -0.2) is 49.9 Å². The summed E-state index contributed by atoms with van der Waals surface area (Å²) in [6.07, 6.45) is 0.843. The molecule has 128 valence electrons. The molecule has 0 aliphatic heterocycles. The predicted octanol–water partition coefficient (Wildman–Crippen LogP) is 1.65. The maximum absolute atomic E-state index is 12.9. The minimum atomic E-state index is -0.619. The highest BCUT2D eigenvalue weighted by molar-refractivity contribution is 5.97. The molecule has 1 rings (SSSR count). The maximum Gasteiger partial charge on any atom is 0.251 e. The Morgan fingerprint density at radius 1 is 1.17 bits per heavy atom. The van der Waals surface area contributed by atoms with E-state index in [1.807, 2.05) is 32.8 Å². The molecule has 0 aromatic heterocycles. The van der Waals surface area contributed by atoms with Gasteiger partial charge in [-0.15, -0.1) is 0 Å². The van der Waals surface area contributed by atoms with Gasteiger partial charge in [-0.3, -0.25) is 9.59 Å². The number of hydrogen-bond donors (Lipinski definition) is 2. The average Bonchev–Trinajstić information content (AvgIpc) is 2.48. The Kier molecular flexibility index (Phi) is 7.68. The second-order valence-electron chi connectivity index (χ2n) is 6.15. The summed E-state index contributed by atoms with van der Waals surface area (Å²) in [4.78, 5) is 26.5. The average molecular weight is 323 g/mol. The molecule has 1 aromatic rings. The summed E-state index contributed by atoms with van der Waals surface area (Å²) >= 11 is 0.